The molecule has 10 nitrogen and oxygen atoms in total. The zero-order chi connectivity index (χ0) is 22.8. The molecule has 1 aromatic carbocycles. The molecule has 0 radical (unpaired) electrons. The van der Waals surface area contributed by atoms with E-state index >= 15 is 0 Å². The summed E-state index contributed by atoms with van der Waals surface area (Å²) < 4.78 is 17.8. The Morgan fingerprint density at radius 2 is 1.79 bits per heavy atom. The summed E-state index contributed by atoms with van der Waals surface area (Å²) >= 11 is 1.42. The summed E-state index contributed by atoms with van der Waals surface area (Å²) in [5.41, 5.74) is 0. The molecule has 5 rings (SSSR count). The highest BCUT2D eigenvalue weighted by atomic mass is 32.1. The largest absolute Gasteiger partial charge is 0.485 e. The number of hydrogen-bond acceptors (Lipinski definition) is 8. The summed E-state index contributed by atoms with van der Waals surface area (Å²) in [4.78, 5) is 41.7. The molecular formula is C22H22N4O6S. The lowest BCUT2D eigenvalue weighted by Gasteiger charge is -2.37. The molecule has 0 aliphatic carbocycles. The van der Waals surface area contributed by atoms with Gasteiger partial charge in [0.1, 0.15) is 6.61 Å². The standard InChI is InChI=1S/C22H22N4O6S/c27-19(7-8-26-22(29)32-20(23-26)18-6-3-13-33-18)24-9-11-25(12-10-24)21(28)17-14-30-15-4-1-2-5-16(15)31-17/h1-6,13,17H,7-12,14H2/t17-/m0/s1. The number of fused-ring (bicyclic) bond motifs is 1. The van der Waals surface area contributed by atoms with E-state index in [0.717, 1.165) is 4.88 Å². The minimum Gasteiger partial charge on any atom is -0.485 e. The van der Waals surface area contributed by atoms with Gasteiger partial charge >= 0.3 is 5.76 Å². The quantitative estimate of drug-likeness (QED) is 0.556. The van der Waals surface area contributed by atoms with Crippen molar-refractivity contribution in [2.75, 3.05) is 32.8 Å². The minimum absolute atomic E-state index is 0.0964. The number of aromatic nitrogens is 2. The predicted molar refractivity (Wildman–Crippen MR) is 118 cm³/mol. The van der Waals surface area contributed by atoms with E-state index < -0.39 is 11.9 Å². The number of benzene rings is 1. The second-order valence-corrected chi connectivity index (χ2v) is 8.64. The van der Waals surface area contributed by atoms with E-state index in [0.29, 0.717) is 37.7 Å². The Morgan fingerprint density at radius 3 is 2.55 bits per heavy atom. The van der Waals surface area contributed by atoms with Crippen molar-refractivity contribution in [1.29, 1.82) is 0 Å². The highest BCUT2D eigenvalue weighted by Crippen LogP contribution is 2.31. The maximum Gasteiger partial charge on any atom is 0.437 e. The zero-order valence-corrected chi connectivity index (χ0v) is 18.5. The van der Waals surface area contributed by atoms with Crippen LogP contribution in [0.3, 0.4) is 0 Å². The summed E-state index contributed by atoms with van der Waals surface area (Å²) in [6, 6.07) is 10.9. The van der Waals surface area contributed by atoms with Crippen LogP contribution in [-0.2, 0) is 16.1 Å². The average Bonchev–Trinajstić information content (AvgIpc) is 3.52. The number of piperazine rings is 1. The lowest BCUT2D eigenvalue weighted by Crippen LogP contribution is -2.55. The van der Waals surface area contributed by atoms with E-state index in [1.165, 1.54) is 16.0 Å². The highest BCUT2D eigenvalue weighted by Gasteiger charge is 2.33. The van der Waals surface area contributed by atoms with Crippen LogP contribution in [0.25, 0.3) is 10.8 Å². The summed E-state index contributed by atoms with van der Waals surface area (Å²) in [6.45, 7) is 1.97. The molecule has 4 heterocycles. The van der Waals surface area contributed by atoms with Crippen LogP contribution in [0.2, 0.25) is 0 Å². The van der Waals surface area contributed by atoms with Crippen molar-refractivity contribution in [3.8, 4) is 22.3 Å². The third-order valence-corrected chi connectivity index (χ3v) is 6.46. The molecule has 0 bridgehead atoms. The minimum atomic E-state index is -0.696. The normalized spacial score (nSPS) is 17.8. The molecule has 3 aromatic rings. The number of nitrogens with zero attached hydrogens (tertiary/aromatic N) is 4. The monoisotopic (exact) mass is 470 g/mol. The maximum atomic E-state index is 12.8. The molecule has 33 heavy (non-hydrogen) atoms. The summed E-state index contributed by atoms with van der Waals surface area (Å²) in [6.07, 6.45) is -0.570. The lowest BCUT2D eigenvalue weighted by molar-refractivity contribution is -0.146. The molecule has 0 spiro atoms. The molecule has 172 valence electrons. The van der Waals surface area contributed by atoms with Gasteiger partial charge in [-0.3, -0.25) is 9.59 Å². The van der Waals surface area contributed by atoms with Gasteiger partial charge in [0.15, 0.2) is 11.5 Å². The first-order valence-electron chi connectivity index (χ1n) is 10.7. The number of hydrogen-bond donors (Lipinski definition) is 0. The van der Waals surface area contributed by atoms with Gasteiger partial charge in [0.25, 0.3) is 11.8 Å². The first kappa shape index (κ1) is 21.3. The Labute approximate surface area is 192 Å². The first-order chi connectivity index (χ1) is 16.1. The second kappa shape index (κ2) is 9.10. The molecule has 2 aromatic heterocycles. The number of amides is 2. The number of para-hydroxylation sites is 2. The van der Waals surface area contributed by atoms with Crippen LogP contribution >= 0.6 is 11.3 Å². The third-order valence-electron chi connectivity index (χ3n) is 5.60. The fourth-order valence-electron chi connectivity index (χ4n) is 3.83. The van der Waals surface area contributed by atoms with E-state index in [1.807, 2.05) is 29.6 Å². The number of rotatable bonds is 5. The van der Waals surface area contributed by atoms with Gasteiger partial charge in [0.2, 0.25) is 12.0 Å². The van der Waals surface area contributed by atoms with Crippen molar-refractivity contribution in [2.24, 2.45) is 0 Å². The van der Waals surface area contributed by atoms with Crippen molar-refractivity contribution < 1.29 is 23.5 Å². The Morgan fingerprint density at radius 1 is 1.03 bits per heavy atom. The fraction of sp³-hybridized carbons (Fsp3) is 0.364. The van der Waals surface area contributed by atoms with Gasteiger partial charge in [-0.2, -0.15) is 4.68 Å². The Balaban J connectivity index is 1.11. The van der Waals surface area contributed by atoms with Crippen molar-refractivity contribution in [3.63, 3.8) is 0 Å². The Hall–Kier alpha value is -3.60. The molecule has 0 unspecified atom stereocenters. The molecular weight excluding hydrogens is 448 g/mol. The van der Waals surface area contributed by atoms with E-state index in [9.17, 15) is 14.4 Å². The van der Waals surface area contributed by atoms with Gasteiger partial charge in [0, 0.05) is 32.6 Å². The fourth-order valence-corrected chi connectivity index (χ4v) is 4.47. The van der Waals surface area contributed by atoms with Crippen LogP contribution in [0.1, 0.15) is 6.42 Å². The van der Waals surface area contributed by atoms with E-state index in [4.69, 9.17) is 13.9 Å². The smallest absolute Gasteiger partial charge is 0.437 e. The van der Waals surface area contributed by atoms with Crippen LogP contribution in [0, 0.1) is 0 Å². The maximum absolute atomic E-state index is 12.8. The van der Waals surface area contributed by atoms with Crippen molar-refractivity contribution in [3.05, 3.63) is 52.3 Å². The molecule has 0 saturated carbocycles. The third kappa shape index (κ3) is 4.49. The van der Waals surface area contributed by atoms with E-state index in [2.05, 4.69) is 5.10 Å². The van der Waals surface area contributed by atoms with Gasteiger partial charge in [0.05, 0.1) is 11.4 Å². The molecule has 1 saturated heterocycles. The van der Waals surface area contributed by atoms with E-state index in [1.54, 1.807) is 21.9 Å². The molecule has 2 aliphatic rings. The molecule has 1 atom stereocenters. The van der Waals surface area contributed by atoms with Gasteiger partial charge in [-0.25, -0.2) is 4.79 Å². The van der Waals surface area contributed by atoms with Crippen molar-refractivity contribution in [1.82, 2.24) is 19.6 Å². The Kier molecular flexibility index (Phi) is 5.86. The van der Waals surface area contributed by atoms with Crippen LogP contribution in [-0.4, -0.2) is 70.3 Å². The van der Waals surface area contributed by atoms with Gasteiger partial charge in [-0.15, -0.1) is 16.4 Å². The van der Waals surface area contributed by atoms with Crippen molar-refractivity contribution >= 4 is 23.2 Å². The second-order valence-electron chi connectivity index (χ2n) is 7.69. The summed E-state index contributed by atoms with van der Waals surface area (Å²) in [5, 5.41) is 6.04. The van der Waals surface area contributed by atoms with Crippen LogP contribution in [0.5, 0.6) is 11.5 Å². The lowest BCUT2D eigenvalue weighted by atomic mass is 10.2. The highest BCUT2D eigenvalue weighted by molar-refractivity contribution is 7.13. The predicted octanol–water partition coefficient (Wildman–Crippen LogP) is 1.47. The summed E-state index contributed by atoms with van der Waals surface area (Å²) in [5.74, 6) is 0.614. The first-order valence-corrected chi connectivity index (χ1v) is 11.5. The van der Waals surface area contributed by atoms with Gasteiger partial charge < -0.3 is 23.7 Å². The molecule has 2 aliphatic heterocycles. The average molecular weight is 471 g/mol. The number of carbonyl (C=O) groups excluding carboxylic acids is 2. The topological polar surface area (TPSA) is 107 Å². The van der Waals surface area contributed by atoms with E-state index in [-0.39, 0.29) is 37.3 Å². The molecule has 0 N–H and O–H groups in total. The SMILES string of the molecule is O=C(CCn1nc(-c2cccs2)oc1=O)N1CCN(C(=O)[C@@H]2COc3ccccc3O2)CC1. The van der Waals surface area contributed by atoms with Gasteiger partial charge in [-0.1, -0.05) is 18.2 Å². The summed E-state index contributed by atoms with van der Waals surface area (Å²) in [7, 11) is 0. The van der Waals surface area contributed by atoms with Crippen LogP contribution < -0.4 is 15.2 Å². The van der Waals surface area contributed by atoms with Crippen LogP contribution in [0.4, 0.5) is 0 Å². The number of ether oxygens (including phenoxy) is 2. The number of carbonyl (C=O) groups is 2. The molecule has 11 heteroatoms. The zero-order valence-electron chi connectivity index (χ0n) is 17.7. The van der Waals surface area contributed by atoms with Gasteiger partial charge in [-0.05, 0) is 23.6 Å². The van der Waals surface area contributed by atoms with Crippen molar-refractivity contribution in [2.45, 2.75) is 19.1 Å². The number of thiophene rings is 1. The Bertz CT molecular complexity index is 1200. The van der Waals surface area contributed by atoms with Crippen LogP contribution in [0.15, 0.2) is 51.0 Å². The molecule has 2 amide bonds. The number of aryl methyl sites for hydroxylation is 1. The molecule has 1 fully saturated rings.